The van der Waals surface area contributed by atoms with E-state index in [1.807, 2.05) is 35.0 Å². The Morgan fingerprint density at radius 1 is 1.27 bits per heavy atom. The average Bonchev–Trinajstić information content (AvgIpc) is 2.50. The summed E-state index contributed by atoms with van der Waals surface area (Å²) in [5, 5.41) is 8.58. The monoisotopic (exact) mass is 142 g/mol. The van der Waals surface area contributed by atoms with Crippen molar-refractivity contribution in [2.75, 3.05) is 0 Å². The molecule has 52 valence electrons. The van der Waals surface area contributed by atoms with Gasteiger partial charge in [0, 0.05) is 17.9 Å². The van der Waals surface area contributed by atoms with Crippen molar-refractivity contribution in [2.24, 2.45) is 0 Å². The van der Waals surface area contributed by atoms with Gasteiger partial charge < -0.3 is 4.40 Å². The molecule has 0 aliphatic heterocycles. The van der Waals surface area contributed by atoms with Crippen LogP contribution in [0.4, 0.5) is 0 Å². The molecule has 0 atom stereocenters. The van der Waals surface area contributed by atoms with Gasteiger partial charge in [-0.2, -0.15) is 5.26 Å². The van der Waals surface area contributed by atoms with E-state index >= 15 is 0 Å². The third-order valence-corrected chi connectivity index (χ3v) is 1.66. The number of pyridine rings is 1. The fourth-order valence-corrected chi connectivity index (χ4v) is 1.10. The van der Waals surface area contributed by atoms with Crippen LogP contribution in [0.5, 0.6) is 0 Å². The second-order valence-electron chi connectivity index (χ2n) is 2.37. The molecule has 2 heteroatoms. The summed E-state index contributed by atoms with van der Waals surface area (Å²) in [5.41, 5.74) is 1.76. The molecule has 0 aliphatic rings. The van der Waals surface area contributed by atoms with Crippen LogP contribution in [0.2, 0.25) is 0 Å². The van der Waals surface area contributed by atoms with E-state index in [9.17, 15) is 0 Å². The summed E-state index contributed by atoms with van der Waals surface area (Å²) in [6, 6.07) is 9.68. The molecule has 2 nitrogen and oxygen atoms in total. The summed E-state index contributed by atoms with van der Waals surface area (Å²) in [7, 11) is 0. The highest BCUT2D eigenvalue weighted by atomic mass is 14.8. The number of aromatic nitrogens is 1. The molecular formula is C9H6N2. The van der Waals surface area contributed by atoms with E-state index in [4.69, 9.17) is 5.26 Å². The summed E-state index contributed by atoms with van der Waals surface area (Å²) < 4.78 is 1.97. The lowest BCUT2D eigenvalue weighted by Gasteiger charge is -1.92. The van der Waals surface area contributed by atoms with E-state index in [2.05, 4.69) is 6.07 Å². The summed E-state index contributed by atoms with van der Waals surface area (Å²) >= 11 is 0. The highest BCUT2D eigenvalue weighted by molar-refractivity contribution is 5.52. The van der Waals surface area contributed by atoms with Gasteiger partial charge in [0.25, 0.3) is 0 Å². The Labute approximate surface area is 64.3 Å². The number of fused-ring (bicyclic) bond motifs is 1. The fraction of sp³-hybridized carbons (Fsp3) is 0. The number of rotatable bonds is 0. The Morgan fingerprint density at radius 3 is 3.00 bits per heavy atom. The Balaban J connectivity index is 2.79. The van der Waals surface area contributed by atoms with E-state index in [1.165, 1.54) is 0 Å². The van der Waals surface area contributed by atoms with Gasteiger partial charge in [-0.3, -0.25) is 0 Å². The summed E-state index contributed by atoms with van der Waals surface area (Å²) in [6.07, 6.45) is 3.84. The molecule has 2 aromatic rings. The standard InChI is InChI=1S/C9H6N2/c10-7-8-3-5-11-4-1-2-9(11)6-8/h1-6H. The molecule has 2 rings (SSSR count). The van der Waals surface area contributed by atoms with Crippen LogP contribution in [0, 0.1) is 11.3 Å². The first-order chi connectivity index (χ1) is 5.40. The van der Waals surface area contributed by atoms with E-state index in [1.54, 1.807) is 6.07 Å². The summed E-state index contributed by atoms with van der Waals surface area (Å²) in [6.45, 7) is 0. The van der Waals surface area contributed by atoms with Gasteiger partial charge in [0.2, 0.25) is 0 Å². The molecule has 0 N–H and O–H groups in total. The molecule has 0 spiro atoms. The average molecular weight is 142 g/mol. The third kappa shape index (κ3) is 0.870. The van der Waals surface area contributed by atoms with Crippen molar-refractivity contribution in [1.29, 1.82) is 5.26 Å². The van der Waals surface area contributed by atoms with Crippen LogP contribution >= 0.6 is 0 Å². The van der Waals surface area contributed by atoms with Crippen molar-refractivity contribution in [3.05, 3.63) is 42.2 Å². The van der Waals surface area contributed by atoms with Crippen molar-refractivity contribution in [1.82, 2.24) is 4.40 Å². The van der Waals surface area contributed by atoms with Crippen LogP contribution in [0.3, 0.4) is 0 Å². The molecule has 0 saturated carbocycles. The number of nitriles is 1. The van der Waals surface area contributed by atoms with E-state index < -0.39 is 0 Å². The molecule has 0 aromatic carbocycles. The van der Waals surface area contributed by atoms with Crippen molar-refractivity contribution < 1.29 is 0 Å². The maximum atomic E-state index is 8.58. The van der Waals surface area contributed by atoms with Gasteiger partial charge in [0.05, 0.1) is 11.6 Å². The molecule has 11 heavy (non-hydrogen) atoms. The predicted molar refractivity (Wildman–Crippen MR) is 42.1 cm³/mol. The van der Waals surface area contributed by atoms with Crippen molar-refractivity contribution in [2.45, 2.75) is 0 Å². The minimum absolute atomic E-state index is 0.705. The zero-order chi connectivity index (χ0) is 7.68. The van der Waals surface area contributed by atoms with Gasteiger partial charge in [0.1, 0.15) is 0 Å². The van der Waals surface area contributed by atoms with E-state index in [0.29, 0.717) is 5.56 Å². The molecule has 0 fully saturated rings. The first-order valence-electron chi connectivity index (χ1n) is 3.37. The Kier molecular flexibility index (Phi) is 1.16. The second-order valence-corrected chi connectivity index (χ2v) is 2.37. The summed E-state index contributed by atoms with van der Waals surface area (Å²) in [4.78, 5) is 0. The van der Waals surface area contributed by atoms with Crippen molar-refractivity contribution in [3.8, 4) is 6.07 Å². The van der Waals surface area contributed by atoms with Crippen LogP contribution in [0.1, 0.15) is 5.56 Å². The zero-order valence-corrected chi connectivity index (χ0v) is 5.86. The lowest BCUT2D eigenvalue weighted by molar-refractivity contribution is 1.19. The molecule has 0 amide bonds. The predicted octanol–water partition coefficient (Wildman–Crippen LogP) is 1.81. The first-order valence-corrected chi connectivity index (χ1v) is 3.37. The smallest absolute Gasteiger partial charge is 0.0992 e. The molecule has 0 unspecified atom stereocenters. The Morgan fingerprint density at radius 2 is 2.18 bits per heavy atom. The van der Waals surface area contributed by atoms with Gasteiger partial charge in [-0.15, -0.1) is 0 Å². The molecular weight excluding hydrogens is 136 g/mol. The van der Waals surface area contributed by atoms with E-state index in [-0.39, 0.29) is 0 Å². The third-order valence-electron chi connectivity index (χ3n) is 1.66. The highest BCUT2D eigenvalue weighted by Crippen LogP contribution is 2.06. The Hall–Kier alpha value is -1.75. The quantitative estimate of drug-likeness (QED) is 0.551. The van der Waals surface area contributed by atoms with Gasteiger partial charge in [0.15, 0.2) is 0 Å². The van der Waals surface area contributed by atoms with Crippen LogP contribution in [0.15, 0.2) is 36.7 Å². The zero-order valence-electron chi connectivity index (χ0n) is 5.86. The number of hydrogen-bond donors (Lipinski definition) is 0. The molecule has 0 saturated heterocycles. The molecule has 0 bridgehead atoms. The SMILES string of the molecule is N#Cc1ccn2cccc2c1. The largest absolute Gasteiger partial charge is 0.324 e. The minimum Gasteiger partial charge on any atom is -0.324 e. The van der Waals surface area contributed by atoms with Gasteiger partial charge in [-0.25, -0.2) is 0 Å². The highest BCUT2D eigenvalue weighted by Gasteiger charge is 1.92. The van der Waals surface area contributed by atoms with Crippen molar-refractivity contribution >= 4 is 5.52 Å². The number of hydrogen-bond acceptors (Lipinski definition) is 1. The normalized spacial score (nSPS) is 9.73. The van der Waals surface area contributed by atoms with Gasteiger partial charge in [-0.05, 0) is 24.3 Å². The van der Waals surface area contributed by atoms with Gasteiger partial charge in [-0.1, -0.05) is 0 Å². The maximum Gasteiger partial charge on any atom is 0.0992 e. The van der Waals surface area contributed by atoms with Crippen LogP contribution in [0.25, 0.3) is 5.52 Å². The molecule has 2 heterocycles. The van der Waals surface area contributed by atoms with Crippen LogP contribution < -0.4 is 0 Å². The lowest BCUT2D eigenvalue weighted by atomic mass is 10.3. The Bertz CT molecular complexity index is 420. The lowest BCUT2D eigenvalue weighted by Crippen LogP contribution is -1.81. The molecule has 2 aromatic heterocycles. The molecule has 0 aliphatic carbocycles. The van der Waals surface area contributed by atoms with E-state index in [0.717, 1.165) is 5.52 Å². The second kappa shape index (κ2) is 2.14. The first kappa shape index (κ1) is 5.99. The molecule has 0 radical (unpaired) electrons. The van der Waals surface area contributed by atoms with Crippen LogP contribution in [-0.2, 0) is 0 Å². The topological polar surface area (TPSA) is 28.2 Å². The number of nitrogens with zero attached hydrogens (tertiary/aromatic N) is 2. The summed E-state index contributed by atoms with van der Waals surface area (Å²) in [5.74, 6) is 0. The van der Waals surface area contributed by atoms with Crippen LogP contribution in [-0.4, -0.2) is 4.40 Å². The van der Waals surface area contributed by atoms with Gasteiger partial charge >= 0.3 is 0 Å². The maximum absolute atomic E-state index is 8.58. The minimum atomic E-state index is 0.705. The van der Waals surface area contributed by atoms with Crippen molar-refractivity contribution in [3.63, 3.8) is 0 Å². The fourth-order valence-electron chi connectivity index (χ4n) is 1.10.